The maximum absolute atomic E-state index is 10.6. The summed E-state index contributed by atoms with van der Waals surface area (Å²) in [5, 5.41) is 8.73. The summed E-state index contributed by atoms with van der Waals surface area (Å²) < 4.78 is 0. The van der Waals surface area contributed by atoms with Gasteiger partial charge in [0.25, 0.3) is 0 Å². The number of aliphatic carboxylic acids is 1. The number of carboxylic acid groups (broad SMARTS) is 1. The second-order valence-electron chi connectivity index (χ2n) is 4.89. The molecule has 1 N–H and O–H groups in total. The van der Waals surface area contributed by atoms with Crippen LogP contribution in [0.5, 0.6) is 0 Å². The highest BCUT2D eigenvalue weighted by Crippen LogP contribution is 2.56. The van der Waals surface area contributed by atoms with E-state index < -0.39 is 5.97 Å². The van der Waals surface area contributed by atoms with E-state index >= 15 is 0 Å². The van der Waals surface area contributed by atoms with Crippen LogP contribution in [0.4, 0.5) is 0 Å². The Balaban J connectivity index is 1.98. The van der Waals surface area contributed by atoms with Crippen molar-refractivity contribution in [3.05, 3.63) is 0 Å². The number of hydrogen-bond acceptors (Lipinski definition) is 1. The molecule has 0 saturated heterocycles. The van der Waals surface area contributed by atoms with Gasteiger partial charge in [-0.2, -0.15) is 0 Å². The van der Waals surface area contributed by atoms with Crippen LogP contribution in [0.3, 0.4) is 0 Å². The number of carbonyl (C=O) groups is 1. The molecule has 0 unspecified atom stereocenters. The lowest BCUT2D eigenvalue weighted by molar-refractivity contribution is -0.139. The lowest BCUT2D eigenvalue weighted by Crippen LogP contribution is -2.18. The van der Waals surface area contributed by atoms with Crippen LogP contribution in [0, 0.1) is 17.3 Å². The minimum absolute atomic E-state index is 0.123. The van der Waals surface area contributed by atoms with Crippen LogP contribution in [0.25, 0.3) is 0 Å². The van der Waals surface area contributed by atoms with Gasteiger partial charge in [-0.15, -0.1) is 0 Å². The molecule has 0 amide bonds. The van der Waals surface area contributed by atoms with Gasteiger partial charge in [-0.05, 0) is 42.9 Å². The Morgan fingerprint density at radius 3 is 2.25 bits per heavy atom. The van der Waals surface area contributed by atoms with E-state index in [-0.39, 0.29) is 5.41 Å². The lowest BCUT2D eigenvalue weighted by atomic mass is 9.77. The summed E-state index contributed by atoms with van der Waals surface area (Å²) >= 11 is 0. The molecule has 0 aromatic rings. The number of carboxylic acids is 1. The first-order chi connectivity index (χ1) is 5.59. The van der Waals surface area contributed by atoms with Gasteiger partial charge in [0.05, 0.1) is 6.42 Å². The summed E-state index contributed by atoms with van der Waals surface area (Å²) in [6.07, 6.45) is 5.38. The molecule has 2 aliphatic rings. The number of rotatable bonds is 2. The molecule has 0 aromatic heterocycles. The summed E-state index contributed by atoms with van der Waals surface area (Å²) in [5.41, 5.74) is 0.123. The van der Waals surface area contributed by atoms with E-state index in [4.69, 9.17) is 5.11 Å². The third kappa shape index (κ3) is 1.23. The van der Waals surface area contributed by atoms with Crippen LogP contribution in [0.15, 0.2) is 0 Å². The van der Waals surface area contributed by atoms with Crippen molar-refractivity contribution in [3.8, 4) is 0 Å². The van der Waals surface area contributed by atoms with Gasteiger partial charge >= 0.3 is 5.97 Å². The van der Waals surface area contributed by atoms with Crippen molar-refractivity contribution in [2.24, 2.45) is 17.3 Å². The Morgan fingerprint density at radius 2 is 1.92 bits per heavy atom. The Hall–Kier alpha value is -0.530. The first-order valence-corrected chi connectivity index (χ1v) is 4.81. The van der Waals surface area contributed by atoms with Crippen LogP contribution < -0.4 is 0 Å². The van der Waals surface area contributed by atoms with Gasteiger partial charge in [-0.25, -0.2) is 0 Å². The summed E-state index contributed by atoms with van der Waals surface area (Å²) in [6.45, 7) is 2.14. The molecule has 12 heavy (non-hydrogen) atoms. The molecule has 0 radical (unpaired) electrons. The van der Waals surface area contributed by atoms with Crippen molar-refractivity contribution in [2.75, 3.05) is 0 Å². The average molecular weight is 168 g/mol. The van der Waals surface area contributed by atoms with Gasteiger partial charge in [0.2, 0.25) is 0 Å². The van der Waals surface area contributed by atoms with E-state index in [1.54, 1.807) is 0 Å². The van der Waals surface area contributed by atoms with Gasteiger partial charge in [0.1, 0.15) is 0 Å². The zero-order valence-electron chi connectivity index (χ0n) is 7.55. The Bertz CT molecular complexity index is 198. The van der Waals surface area contributed by atoms with E-state index in [1.165, 1.54) is 12.8 Å². The van der Waals surface area contributed by atoms with Gasteiger partial charge < -0.3 is 5.11 Å². The molecule has 2 saturated carbocycles. The highest BCUT2D eigenvalue weighted by molar-refractivity contribution is 5.67. The van der Waals surface area contributed by atoms with Crippen molar-refractivity contribution >= 4 is 5.97 Å². The van der Waals surface area contributed by atoms with E-state index in [0.717, 1.165) is 24.7 Å². The largest absolute Gasteiger partial charge is 0.481 e. The monoisotopic (exact) mass is 168 g/mol. The molecule has 0 bridgehead atoms. The number of fused-ring (bicyclic) bond motifs is 1. The topological polar surface area (TPSA) is 37.3 Å². The SMILES string of the molecule is C[C@]1(CC(=O)O)C[C@H]2CC[C@H]2C1. The first kappa shape index (κ1) is 8.09. The molecule has 2 fully saturated rings. The fraction of sp³-hybridized carbons (Fsp3) is 0.900. The van der Waals surface area contributed by atoms with Gasteiger partial charge in [-0.1, -0.05) is 6.92 Å². The predicted octanol–water partition coefficient (Wildman–Crippen LogP) is 2.29. The molecular formula is C10H16O2. The van der Waals surface area contributed by atoms with Crippen LogP contribution in [-0.2, 0) is 4.79 Å². The smallest absolute Gasteiger partial charge is 0.303 e. The molecule has 2 heteroatoms. The first-order valence-electron chi connectivity index (χ1n) is 4.81. The van der Waals surface area contributed by atoms with Crippen molar-refractivity contribution in [3.63, 3.8) is 0 Å². The highest BCUT2D eigenvalue weighted by atomic mass is 16.4. The highest BCUT2D eigenvalue weighted by Gasteiger charge is 2.47. The minimum Gasteiger partial charge on any atom is -0.481 e. The molecular weight excluding hydrogens is 152 g/mol. The fourth-order valence-electron chi connectivity index (χ4n) is 3.03. The lowest BCUT2D eigenvalue weighted by Gasteiger charge is -2.29. The summed E-state index contributed by atoms with van der Waals surface area (Å²) in [7, 11) is 0. The zero-order chi connectivity index (χ0) is 8.77. The van der Waals surface area contributed by atoms with E-state index in [2.05, 4.69) is 6.92 Å². The average Bonchev–Trinajstić information content (AvgIpc) is 2.11. The zero-order valence-corrected chi connectivity index (χ0v) is 7.55. The molecule has 0 heterocycles. The molecule has 0 aromatic carbocycles. The van der Waals surface area contributed by atoms with Crippen molar-refractivity contribution < 1.29 is 9.90 Å². The van der Waals surface area contributed by atoms with E-state index in [0.29, 0.717) is 6.42 Å². The van der Waals surface area contributed by atoms with Crippen LogP contribution in [0.2, 0.25) is 0 Å². The molecule has 0 aliphatic heterocycles. The van der Waals surface area contributed by atoms with Crippen LogP contribution >= 0.6 is 0 Å². The van der Waals surface area contributed by atoms with E-state index in [9.17, 15) is 4.79 Å². The fourth-order valence-corrected chi connectivity index (χ4v) is 3.03. The molecule has 2 rings (SSSR count). The van der Waals surface area contributed by atoms with Crippen LogP contribution in [-0.4, -0.2) is 11.1 Å². The predicted molar refractivity (Wildman–Crippen MR) is 45.8 cm³/mol. The van der Waals surface area contributed by atoms with Crippen molar-refractivity contribution in [2.45, 2.75) is 39.0 Å². The maximum Gasteiger partial charge on any atom is 0.303 e. The quantitative estimate of drug-likeness (QED) is 0.686. The standard InChI is InChI=1S/C10H16O2/c1-10(6-9(11)12)4-7-2-3-8(7)5-10/h7-8H,2-6H2,1H3,(H,11,12)/t7-,8+,10+. The maximum atomic E-state index is 10.6. The third-order valence-electron chi connectivity index (χ3n) is 3.66. The Labute approximate surface area is 73.0 Å². The van der Waals surface area contributed by atoms with Gasteiger partial charge in [0.15, 0.2) is 0 Å². The Kier molecular flexibility index (Phi) is 1.67. The van der Waals surface area contributed by atoms with Gasteiger partial charge in [0, 0.05) is 0 Å². The molecule has 0 spiro atoms. The minimum atomic E-state index is -0.626. The normalized spacial score (nSPS) is 45.1. The van der Waals surface area contributed by atoms with Crippen molar-refractivity contribution in [1.29, 1.82) is 0 Å². The van der Waals surface area contributed by atoms with Crippen LogP contribution in [0.1, 0.15) is 39.0 Å². The molecule has 68 valence electrons. The summed E-state index contributed by atoms with van der Waals surface area (Å²) in [5.74, 6) is 1.11. The molecule has 2 nitrogen and oxygen atoms in total. The number of hydrogen-bond donors (Lipinski definition) is 1. The Morgan fingerprint density at radius 1 is 1.42 bits per heavy atom. The second kappa shape index (κ2) is 2.48. The molecule has 2 aliphatic carbocycles. The second-order valence-corrected chi connectivity index (χ2v) is 4.89. The molecule has 3 atom stereocenters. The van der Waals surface area contributed by atoms with Crippen molar-refractivity contribution in [1.82, 2.24) is 0 Å². The summed E-state index contributed by atoms with van der Waals surface area (Å²) in [6, 6.07) is 0. The van der Waals surface area contributed by atoms with Gasteiger partial charge in [-0.3, -0.25) is 4.79 Å². The van der Waals surface area contributed by atoms with E-state index in [1.807, 2.05) is 0 Å². The third-order valence-corrected chi connectivity index (χ3v) is 3.66. The summed E-state index contributed by atoms with van der Waals surface area (Å²) in [4.78, 5) is 10.6.